The average Bonchev–Trinajstić information content (AvgIpc) is 3.15. The van der Waals surface area contributed by atoms with E-state index in [1.807, 2.05) is 45.0 Å². The number of nitrogens with zero attached hydrogens (tertiary/aromatic N) is 3. The normalized spacial score (nSPS) is 11.0. The number of aromatic nitrogens is 3. The fourth-order valence-corrected chi connectivity index (χ4v) is 3.30. The summed E-state index contributed by atoms with van der Waals surface area (Å²) in [6.07, 6.45) is 0. The van der Waals surface area contributed by atoms with Gasteiger partial charge in [-0.15, -0.1) is 0 Å². The zero-order valence-electron chi connectivity index (χ0n) is 14.2. The van der Waals surface area contributed by atoms with Gasteiger partial charge < -0.3 is 9.51 Å². The SMILES string of the molecule is Cc1nc2c(-c3ccccc3C#N)cc(-c3c(C)noc3C)cc2[nH]1. The van der Waals surface area contributed by atoms with Gasteiger partial charge in [-0.3, -0.25) is 0 Å². The monoisotopic (exact) mass is 328 g/mol. The van der Waals surface area contributed by atoms with E-state index in [0.717, 1.165) is 50.6 Å². The third-order valence-corrected chi connectivity index (χ3v) is 4.36. The summed E-state index contributed by atoms with van der Waals surface area (Å²) in [6.45, 7) is 5.76. The lowest BCUT2D eigenvalue weighted by molar-refractivity contribution is 0.393. The Hall–Kier alpha value is -3.39. The van der Waals surface area contributed by atoms with Crippen LogP contribution >= 0.6 is 0 Å². The Morgan fingerprint density at radius 1 is 1.08 bits per heavy atom. The molecule has 1 N–H and O–H groups in total. The van der Waals surface area contributed by atoms with Crippen molar-refractivity contribution < 1.29 is 4.52 Å². The molecule has 0 spiro atoms. The van der Waals surface area contributed by atoms with E-state index in [9.17, 15) is 5.26 Å². The lowest BCUT2D eigenvalue weighted by atomic mass is 9.94. The van der Waals surface area contributed by atoms with Crippen molar-refractivity contribution in [2.45, 2.75) is 20.8 Å². The quantitative estimate of drug-likeness (QED) is 0.579. The van der Waals surface area contributed by atoms with Gasteiger partial charge in [-0.2, -0.15) is 5.26 Å². The van der Waals surface area contributed by atoms with Crippen LogP contribution in [0, 0.1) is 32.1 Å². The molecule has 0 atom stereocenters. The Kier molecular flexibility index (Phi) is 3.40. The number of imidazole rings is 1. The van der Waals surface area contributed by atoms with E-state index >= 15 is 0 Å². The summed E-state index contributed by atoms with van der Waals surface area (Å²) in [5.41, 5.74) is 7.02. The molecule has 0 saturated heterocycles. The van der Waals surface area contributed by atoms with Gasteiger partial charge in [0.2, 0.25) is 0 Å². The van der Waals surface area contributed by atoms with E-state index < -0.39 is 0 Å². The summed E-state index contributed by atoms with van der Waals surface area (Å²) < 4.78 is 5.33. The molecule has 0 unspecified atom stereocenters. The predicted molar refractivity (Wildman–Crippen MR) is 96.0 cm³/mol. The first kappa shape index (κ1) is 15.2. The van der Waals surface area contributed by atoms with Crippen LogP contribution in [-0.4, -0.2) is 15.1 Å². The summed E-state index contributed by atoms with van der Waals surface area (Å²) in [6, 6.07) is 14.0. The molecule has 5 heteroatoms. The molecule has 0 aliphatic rings. The van der Waals surface area contributed by atoms with Crippen LogP contribution in [-0.2, 0) is 0 Å². The van der Waals surface area contributed by atoms with Gasteiger partial charge in [0.05, 0.1) is 28.4 Å². The Labute approximate surface area is 144 Å². The number of aryl methyl sites for hydroxylation is 3. The molecule has 2 aromatic carbocycles. The smallest absolute Gasteiger partial charge is 0.141 e. The van der Waals surface area contributed by atoms with Crippen LogP contribution in [0.3, 0.4) is 0 Å². The van der Waals surface area contributed by atoms with Crippen LogP contribution in [0.1, 0.15) is 22.8 Å². The number of nitriles is 1. The van der Waals surface area contributed by atoms with E-state index in [0.29, 0.717) is 5.56 Å². The van der Waals surface area contributed by atoms with Crippen molar-refractivity contribution in [3.05, 3.63) is 59.2 Å². The number of benzene rings is 2. The lowest BCUT2D eigenvalue weighted by Gasteiger charge is -2.09. The molecule has 4 aromatic rings. The number of hydrogen-bond acceptors (Lipinski definition) is 4. The summed E-state index contributed by atoms with van der Waals surface area (Å²) in [5, 5.41) is 13.6. The van der Waals surface area contributed by atoms with Gasteiger partial charge in [0.15, 0.2) is 0 Å². The van der Waals surface area contributed by atoms with Crippen molar-refractivity contribution in [2.24, 2.45) is 0 Å². The topological polar surface area (TPSA) is 78.5 Å². The fraction of sp³-hybridized carbons (Fsp3) is 0.150. The molecule has 5 nitrogen and oxygen atoms in total. The second kappa shape index (κ2) is 5.60. The minimum atomic E-state index is 0.625. The Bertz CT molecular complexity index is 1120. The second-order valence-corrected chi connectivity index (χ2v) is 6.10. The van der Waals surface area contributed by atoms with Crippen molar-refractivity contribution >= 4 is 11.0 Å². The number of aromatic amines is 1. The highest BCUT2D eigenvalue weighted by molar-refractivity contribution is 5.97. The highest BCUT2D eigenvalue weighted by atomic mass is 16.5. The largest absolute Gasteiger partial charge is 0.361 e. The van der Waals surface area contributed by atoms with Crippen molar-refractivity contribution in [3.8, 4) is 28.3 Å². The number of hydrogen-bond donors (Lipinski definition) is 1. The first-order chi connectivity index (χ1) is 12.1. The standard InChI is InChI=1S/C20H16N4O/c1-11-19(12(2)25-24-11)15-8-17(16-7-5-4-6-14(16)10-21)20-18(9-15)22-13(3)23-20/h4-9H,1-3H3,(H,22,23). The molecule has 0 fully saturated rings. The number of H-pyrrole nitrogens is 1. The van der Waals surface area contributed by atoms with Gasteiger partial charge in [-0.05, 0) is 44.5 Å². The van der Waals surface area contributed by atoms with E-state index in [2.05, 4.69) is 33.3 Å². The number of nitrogens with one attached hydrogen (secondary N) is 1. The maximum atomic E-state index is 9.50. The lowest BCUT2D eigenvalue weighted by Crippen LogP contribution is -1.89. The van der Waals surface area contributed by atoms with Crippen LogP contribution in [0.4, 0.5) is 0 Å². The molecule has 2 heterocycles. The second-order valence-electron chi connectivity index (χ2n) is 6.10. The molecule has 122 valence electrons. The minimum Gasteiger partial charge on any atom is -0.361 e. The summed E-state index contributed by atoms with van der Waals surface area (Å²) >= 11 is 0. The average molecular weight is 328 g/mol. The van der Waals surface area contributed by atoms with Gasteiger partial charge in [-0.1, -0.05) is 23.4 Å². The molecule has 0 radical (unpaired) electrons. The van der Waals surface area contributed by atoms with Gasteiger partial charge in [0.25, 0.3) is 0 Å². The van der Waals surface area contributed by atoms with Crippen LogP contribution in [0.25, 0.3) is 33.3 Å². The highest BCUT2D eigenvalue weighted by Crippen LogP contribution is 2.36. The fourth-order valence-electron chi connectivity index (χ4n) is 3.30. The van der Waals surface area contributed by atoms with E-state index in [1.165, 1.54) is 0 Å². The van der Waals surface area contributed by atoms with Gasteiger partial charge in [0, 0.05) is 16.7 Å². The maximum absolute atomic E-state index is 9.50. The maximum Gasteiger partial charge on any atom is 0.141 e. The van der Waals surface area contributed by atoms with Gasteiger partial charge in [0.1, 0.15) is 11.6 Å². The molecular weight excluding hydrogens is 312 g/mol. The molecule has 25 heavy (non-hydrogen) atoms. The molecule has 0 aliphatic carbocycles. The van der Waals surface area contributed by atoms with Crippen LogP contribution in [0.5, 0.6) is 0 Å². The molecular formula is C20H16N4O. The summed E-state index contributed by atoms with van der Waals surface area (Å²) in [5.74, 6) is 1.61. The van der Waals surface area contributed by atoms with E-state index in [-0.39, 0.29) is 0 Å². The predicted octanol–water partition coefficient (Wildman–Crippen LogP) is 4.68. The summed E-state index contributed by atoms with van der Waals surface area (Å²) in [4.78, 5) is 7.93. The number of fused-ring (bicyclic) bond motifs is 1. The summed E-state index contributed by atoms with van der Waals surface area (Å²) in [7, 11) is 0. The van der Waals surface area contributed by atoms with E-state index in [4.69, 9.17) is 4.52 Å². The van der Waals surface area contributed by atoms with Gasteiger partial charge >= 0.3 is 0 Å². The minimum absolute atomic E-state index is 0.625. The van der Waals surface area contributed by atoms with Crippen LogP contribution in [0.15, 0.2) is 40.9 Å². The number of rotatable bonds is 2. The van der Waals surface area contributed by atoms with Crippen molar-refractivity contribution in [1.29, 1.82) is 5.26 Å². The van der Waals surface area contributed by atoms with Crippen molar-refractivity contribution in [2.75, 3.05) is 0 Å². The van der Waals surface area contributed by atoms with Crippen molar-refractivity contribution in [3.63, 3.8) is 0 Å². The third kappa shape index (κ3) is 2.39. The van der Waals surface area contributed by atoms with Crippen LogP contribution in [0.2, 0.25) is 0 Å². The highest BCUT2D eigenvalue weighted by Gasteiger charge is 2.17. The molecule has 0 aliphatic heterocycles. The molecule has 4 rings (SSSR count). The first-order valence-electron chi connectivity index (χ1n) is 8.01. The molecule has 2 aromatic heterocycles. The zero-order valence-corrected chi connectivity index (χ0v) is 14.2. The third-order valence-electron chi connectivity index (χ3n) is 4.36. The van der Waals surface area contributed by atoms with Gasteiger partial charge in [-0.25, -0.2) is 4.98 Å². The Morgan fingerprint density at radius 2 is 1.88 bits per heavy atom. The Balaban J connectivity index is 2.08. The van der Waals surface area contributed by atoms with Crippen LogP contribution < -0.4 is 0 Å². The molecule has 0 bridgehead atoms. The van der Waals surface area contributed by atoms with E-state index in [1.54, 1.807) is 0 Å². The first-order valence-corrected chi connectivity index (χ1v) is 8.01. The molecule has 0 saturated carbocycles. The molecule has 0 amide bonds. The Morgan fingerprint density at radius 3 is 2.60 bits per heavy atom. The van der Waals surface area contributed by atoms with Crippen molar-refractivity contribution in [1.82, 2.24) is 15.1 Å². The zero-order chi connectivity index (χ0) is 17.6.